The molecule has 1 N–H and O–H groups in total. The Morgan fingerprint density at radius 1 is 1.03 bits per heavy atom. The second kappa shape index (κ2) is 8.07. The molecule has 0 bridgehead atoms. The van der Waals surface area contributed by atoms with Crippen molar-refractivity contribution >= 4 is 51.9 Å². The lowest BCUT2D eigenvalue weighted by Gasteiger charge is -2.08. The number of carbonyl (C=O) groups excluding carboxylic acids is 1. The number of nitrogens with zero attached hydrogens (tertiary/aromatic N) is 3. The molecule has 2 aromatic heterocycles. The van der Waals surface area contributed by atoms with Gasteiger partial charge < -0.3 is 5.32 Å². The average molecular weight is 423 g/mol. The third-order valence-electron chi connectivity index (χ3n) is 4.25. The van der Waals surface area contributed by atoms with E-state index < -0.39 is 0 Å². The number of aromatic nitrogens is 3. The van der Waals surface area contributed by atoms with Gasteiger partial charge in [-0.2, -0.15) is 9.78 Å². The van der Waals surface area contributed by atoms with E-state index in [2.05, 4.69) is 15.4 Å². The smallest absolute Gasteiger partial charge is 0.249 e. The number of anilines is 1. The van der Waals surface area contributed by atoms with Gasteiger partial charge in [0.15, 0.2) is 5.82 Å². The zero-order valence-corrected chi connectivity index (χ0v) is 16.9. The van der Waals surface area contributed by atoms with Gasteiger partial charge in [-0.05, 0) is 48.9 Å². The minimum absolute atomic E-state index is 0.294. The van der Waals surface area contributed by atoms with E-state index in [0.717, 1.165) is 22.2 Å². The molecule has 0 saturated carbocycles. The van der Waals surface area contributed by atoms with E-state index >= 15 is 0 Å². The minimum atomic E-state index is -0.294. The van der Waals surface area contributed by atoms with Crippen LogP contribution in [0, 0.1) is 6.92 Å². The van der Waals surface area contributed by atoms with E-state index in [9.17, 15) is 4.79 Å². The standard InChI is InChI=1S/C22H16Cl2N4O/c1-14-12-21(26-22(29)11-7-15-6-9-17(23)18(24)13-15)28(27-14)20-10-8-16-4-2-3-5-19(16)25-20/h2-13H,1H3,(H,26,29)/b11-7+. The van der Waals surface area contributed by atoms with Crippen LogP contribution in [0.1, 0.15) is 11.3 Å². The zero-order chi connectivity index (χ0) is 20.4. The molecule has 2 aromatic carbocycles. The van der Waals surface area contributed by atoms with E-state index in [1.54, 1.807) is 35.0 Å². The third-order valence-corrected chi connectivity index (χ3v) is 4.99. The highest BCUT2D eigenvalue weighted by atomic mass is 35.5. The van der Waals surface area contributed by atoms with Crippen LogP contribution in [-0.2, 0) is 4.79 Å². The first-order valence-corrected chi connectivity index (χ1v) is 9.62. The van der Waals surface area contributed by atoms with Gasteiger partial charge in [0.1, 0.15) is 5.82 Å². The van der Waals surface area contributed by atoms with Crippen molar-refractivity contribution < 1.29 is 4.79 Å². The number of fused-ring (bicyclic) bond motifs is 1. The fraction of sp³-hybridized carbons (Fsp3) is 0.0455. The number of rotatable bonds is 4. The predicted molar refractivity (Wildman–Crippen MR) is 118 cm³/mol. The average Bonchev–Trinajstić information content (AvgIpc) is 3.08. The van der Waals surface area contributed by atoms with Crippen LogP contribution in [0.15, 0.2) is 66.7 Å². The molecule has 1 amide bonds. The second-order valence-corrected chi connectivity index (χ2v) is 7.26. The lowest BCUT2D eigenvalue weighted by molar-refractivity contribution is -0.111. The molecular formula is C22H16Cl2N4O. The van der Waals surface area contributed by atoms with Gasteiger partial charge in [-0.1, -0.05) is 47.5 Å². The topological polar surface area (TPSA) is 59.8 Å². The van der Waals surface area contributed by atoms with Crippen LogP contribution in [0.4, 0.5) is 5.82 Å². The molecule has 0 saturated heterocycles. The van der Waals surface area contributed by atoms with Gasteiger partial charge in [0.05, 0.1) is 21.3 Å². The molecule has 5 nitrogen and oxygen atoms in total. The summed E-state index contributed by atoms with van der Waals surface area (Å²) in [7, 11) is 0. The summed E-state index contributed by atoms with van der Waals surface area (Å²) in [6, 6.07) is 18.6. The molecule has 29 heavy (non-hydrogen) atoms. The van der Waals surface area contributed by atoms with Gasteiger partial charge >= 0.3 is 0 Å². The van der Waals surface area contributed by atoms with Gasteiger partial charge in [-0.3, -0.25) is 4.79 Å². The molecule has 4 aromatic rings. The van der Waals surface area contributed by atoms with Crippen molar-refractivity contribution in [3.05, 3.63) is 88.0 Å². The van der Waals surface area contributed by atoms with E-state index in [-0.39, 0.29) is 5.91 Å². The lowest BCUT2D eigenvalue weighted by Crippen LogP contribution is -2.13. The van der Waals surface area contributed by atoms with Crippen molar-refractivity contribution in [3.8, 4) is 5.82 Å². The number of carbonyl (C=O) groups is 1. The Bertz CT molecular complexity index is 1250. The molecule has 7 heteroatoms. The summed E-state index contributed by atoms with van der Waals surface area (Å²) in [5, 5.41) is 9.25. The SMILES string of the molecule is Cc1cc(NC(=O)/C=C/c2ccc(Cl)c(Cl)c2)n(-c2ccc3ccccc3n2)n1. The van der Waals surface area contributed by atoms with E-state index in [1.807, 2.05) is 43.3 Å². The van der Waals surface area contributed by atoms with Crippen molar-refractivity contribution in [2.45, 2.75) is 6.92 Å². The van der Waals surface area contributed by atoms with Gasteiger partial charge in [0.25, 0.3) is 0 Å². The molecule has 0 aliphatic rings. The van der Waals surface area contributed by atoms with Crippen LogP contribution < -0.4 is 5.32 Å². The summed E-state index contributed by atoms with van der Waals surface area (Å²) in [5.41, 5.74) is 2.40. The van der Waals surface area contributed by atoms with Crippen LogP contribution >= 0.6 is 23.2 Å². The van der Waals surface area contributed by atoms with Crippen LogP contribution in [0.2, 0.25) is 10.0 Å². The van der Waals surface area contributed by atoms with Gasteiger partial charge in [0, 0.05) is 17.5 Å². The van der Waals surface area contributed by atoms with Crippen molar-refractivity contribution in [2.75, 3.05) is 5.32 Å². The number of nitrogens with one attached hydrogen (secondary N) is 1. The Hall–Kier alpha value is -3.15. The van der Waals surface area contributed by atoms with E-state index in [4.69, 9.17) is 23.2 Å². The van der Waals surface area contributed by atoms with E-state index in [1.165, 1.54) is 6.08 Å². The monoisotopic (exact) mass is 422 g/mol. The minimum Gasteiger partial charge on any atom is -0.307 e. The Morgan fingerprint density at radius 2 is 1.86 bits per heavy atom. The molecule has 0 unspecified atom stereocenters. The molecule has 2 heterocycles. The molecule has 0 aliphatic heterocycles. The summed E-state index contributed by atoms with van der Waals surface area (Å²) < 4.78 is 1.62. The van der Waals surface area contributed by atoms with Crippen molar-refractivity contribution in [3.63, 3.8) is 0 Å². The number of halogens is 2. The Kier molecular flexibility index (Phi) is 5.34. The van der Waals surface area contributed by atoms with Crippen molar-refractivity contribution in [1.82, 2.24) is 14.8 Å². The number of amides is 1. The van der Waals surface area contributed by atoms with Crippen LogP contribution in [0.5, 0.6) is 0 Å². The summed E-state index contributed by atoms with van der Waals surface area (Å²) in [6.07, 6.45) is 3.10. The number of hydrogen-bond donors (Lipinski definition) is 1. The molecular weight excluding hydrogens is 407 g/mol. The first-order valence-electron chi connectivity index (χ1n) is 8.86. The molecule has 0 spiro atoms. The van der Waals surface area contributed by atoms with Crippen LogP contribution in [0.25, 0.3) is 22.8 Å². The highest BCUT2D eigenvalue weighted by Crippen LogP contribution is 2.23. The Morgan fingerprint density at radius 3 is 2.69 bits per heavy atom. The van der Waals surface area contributed by atoms with Crippen LogP contribution in [-0.4, -0.2) is 20.7 Å². The summed E-state index contributed by atoms with van der Waals surface area (Å²) in [5.74, 6) is 0.868. The highest BCUT2D eigenvalue weighted by molar-refractivity contribution is 6.42. The normalized spacial score (nSPS) is 11.3. The molecule has 0 radical (unpaired) electrons. The number of hydrogen-bond acceptors (Lipinski definition) is 3. The Labute approximate surface area is 177 Å². The third kappa shape index (κ3) is 4.31. The highest BCUT2D eigenvalue weighted by Gasteiger charge is 2.11. The van der Waals surface area contributed by atoms with Crippen LogP contribution in [0.3, 0.4) is 0 Å². The van der Waals surface area contributed by atoms with Gasteiger partial charge in [-0.15, -0.1) is 0 Å². The summed E-state index contributed by atoms with van der Waals surface area (Å²) in [6.45, 7) is 1.86. The van der Waals surface area contributed by atoms with E-state index in [0.29, 0.717) is 21.7 Å². The Balaban J connectivity index is 1.58. The van der Waals surface area contributed by atoms with Crippen molar-refractivity contribution in [1.29, 1.82) is 0 Å². The molecule has 0 fully saturated rings. The molecule has 0 atom stereocenters. The predicted octanol–water partition coefficient (Wildman–Crippen LogP) is 5.69. The lowest BCUT2D eigenvalue weighted by atomic mass is 10.2. The quantitative estimate of drug-likeness (QED) is 0.429. The maximum Gasteiger partial charge on any atom is 0.249 e. The summed E-state index contributed by atoms with van der Waals surface area (Å²) in [4.78, 5) is 17.1. The van der Waals surface area contributed by atoms with Gasteiger partial charge in [0.2, 0.25) is 5.91 Å². The number of pyridine rings is 1. The fourth-order valence-electron chi connectivity index (χ4n) is 2.89. The zero-order valence-electron chi connectivity index (χ0n) is 15.4. The number of aryl methyl sites for hydroxylation is 1. The maximum atomic E-state index is 12.4. The largest absolute Gasteiger partial charge is 0.307 e. The molecule has 144 valence electrons. The first kappa shape index (κ1) is 19.2. The first-order chi connectivity index (χ1) is 14.0. The number of benzene rings is 2. The summed E-state index contributed by atoms with van der Waals surface area (Å²) >= 11 is 11.9. The second-order valence-electron chi connectivity index (χ2n) is 6.44. The van der Waals surface area contributed by atoms with Gasteiger partial charge in [-0.25, -0.2) is 4.98 Å². The molecule has 0 aliphatic carbocycles. The fourth-order valence-corrected chi connectivity index (χ4v) is 3.20. The maximum absolute atomic E-state index is 12.4. The van der Waals surface area contributed by atoms with Crippen molar-refractivity contribution in [2.24, 2.45) is 0 Å². The molecule has 4 rings (SSSR count). The number of para-hydroxylation sites is 1.